The molecule has 20 heavy (non-hydrogen) atoms. The second-order valence-electron chi connectivity index (χ2n) is 5.00. The van der Waals surface area contributed by atoms with E-state index < -0.39 is 5.97 Å². The molecule has 0 aliphatic carbocycles. The normalized spacial score (nSPS) is 10.8. The summed E-state index contributed by atoms with van der Waals surface area (Å²) in [5, 5.41) is 9.30. The highest BCUT2D eigenvalue weighted by Crippen LogP contribution is 2.34. The molecule has 0 aliphatic rings. The third-order valence-corrected chi connectivity index (χ3v) is 3.96. The predicted molar refractivity (Wildman–Crippen MR) is 84.3 cm³/mol. The van der Waals surface area contributed by atoms with E-state index in [0.29, 0.717) is 12.2 Å². The molecule has 0 spiro atoms. The van der Waals surface area contributed by atoms with E-state index in [-0.39, 0.29) is 0 Å². The van der Waals surface area contributed by atoms with Crippen LogP contribution in [-0.2, 0) is 6.54 Å². The fourth-order valence-corrected chi connectivity index (χ4v) is 3.45. The van der Waals surface area contributed by atoms with Gasteiger partial charge in [0.25, 0.3) is 0 Å². The summed E-state index contributed by atoms with van der Waals surface area (Å²) < 4.78 is 2.88. The summed E-state index contributed by atoms with van der Waals surface area (Å²) in [6.07, 6.45) is 0.893. The van der Waals surface area contributed by atoms with Crippen LogP contribution in [0.25, 0.3) is 11.3 Å². The van der Waals surface area contributed by atoms with E-state index in [9.17, 15) is 9.90 Å². The second-order valence-corrected chi connectivity index (χ2v) is 5.85. The lowest BCUT2D eigenvalue weighted by molar-refractivity contribution is 0.0685. The number of halogens is 1. The van der Waals surface area contributed by atoms with Gasteiger partial charge in [0.15, 0.2) is 0 Å². The van der Waals surface area contributed by atoms with Gasteiger partial charge < -0.3 is 9.67 Å². The number of aryl methyl sites for hydroxylation is 2. The Kier molecular flexibility index (Phi) is 4.33. The molecule has 4 heteroatoms. The molecular formula is C16H18BrNO2. The highest BCUT2D eigenvalue weighted by atomic mass is 79.9. The lowest BCUT2D eigenvalue weighted by Crippen LogP contribution is -2.10. The van der Waals surface area contributed by atoms with Gasteiger partial charge in [0.05, 0.1) is 5.69 Å². The number of aromatic carboxylic acids is 1. The molecule has 106 valence electrons. The van der Waals surface area contributed by atoms with Crippen molar-refractivity contribution in [2.45, 2.75) is 33.7 Å². The van der Waals surface area contributed by atoms with Crippen LogP contribution in [0.4, 0.5) is 0 Å². The van der Waals surface area contributed by atoms with Crippen molar-refractivity contribution in [1.82, 2.24) is 4.57 Å². The molecule has 0 bridgehead atoms. The number of hydrogen-bond donors (Lipinski definition) is 1. The van der Waals surface area contributed by atoms with E-state index in [1.54, 1.807) is 6.07 Å². The molecule has 3 nitrogen and oxygen atoms in total. The Labute approximate surface area is 127 Å². The average molecular weight is 336 g/mol. The average Bonchev–Trinajstić information content (AvgIpc) is 2.72. The molecule has 0 fully saturated rings. The Morgan fingerprint density at radius 2 is 2.00 bits per heavy atom. The van der Waals surface area contributed by atoms with Crippen LogP contribution in [-0.4, -0.2) is 15.6 Å². The Morgan fingerprint density at radius 1 is 1.30 bits per heavy atom. The third kappa shape index (κ3) is 2.66. The van der Waals surface area contributed by atoms with E-state index in [4.69, 9.17) is 0 Å². The molecule has 1 heterocycles. The zero-order valence-electron chi connectivity index (χ0n) is 11.9. The quantitative estimate of drug-likeness (QED) is 0.884. The van der Waals surface area contributed by atoms with E-state index in [0.717, 1.165) is 27.7 Å². The van der Waals surface area contributed by atoms with Crippen LogP contribution in [0.1, 0.15) is 35.0 Å². The Hall–Kier alpha value is -1.55. The number of nitrogens with zero attached hydrogens (tertiary/aromatic N) is 1. The number of hydrogen-bond acceptors (Lipinski definition) is 1. The minimum absolute atomic E-state index is 0.341. The zero-order valence-corrected chi connectivity index (χ0v) is 13.5. The summed E-state index contributed by atoms with van der Waals surface area (Å²) in [7, 11) is 0. The van der Waals surface area contributed by atoms with Crippen molar-refractivity contribution in [2.75, 3.05) is 0 Å². The first-order chi connectivity index (χ1) is 9.45. The van der Waals surface area contributed by atoms with Gasteiger partial charge in [-0.2, -0.15) is 0 Å². The Morgan fingerprint density at radius 3 is 2.55 bits per heavy atom. The Bertz CT molecular complexity index is 635. The minimum atomic E-state index is -0.884. The van der Waals surface area contributed by atoms with Crippen molar-refractivity contribution in [3.63, 3.8) is 0 Å². The third-order valence-electron chi connectivity index (χ3n) is 3.33. The number of aromatic nitrogens is 1. The van der Waals surface area contributed by atoms with Crippen LogP contribution in [0, 0.1) is 13.8 Å². The van der Waals surface area contributed by atoms with Crippen molar-refractivity contribution in [2.24, 2.45) is 0 Å². The van der Waals surface area contributed by atoms with E-state index in [1.807, 2.05) is 17.6 Å². The molecule has 0 saturated carbocycles. The maximum Gasteiger partial charge on any atom is 0.352 e. The molecule has 1 aromatic heterocycles. The van der Waals surface area contributed by atoms with E-state index in [2.05, 4.69) is 41.9 Å². The summed E-state index contributed by atoms with van der Waals surface area (Å²) in [6, 6.07) is 7.75. The monoisotopic (exact) mass is 335 g/mol. The van der Waals surface area contributed by atoms with Gasteiger partial charge in [0.1, 0.15) is 5.69 Å². The van der Waals surface area contributed by atoms with Gasteiger partial charge in [0.2, 0.25) is 0 Å². The largest absolute Gasteiger partial charge is 0.477 e. The molecule has 2 rings (SSSR count). The van der Waals surface area contributed by atoms with Gasteiger partial charge in [-0.05, 0) is 49.6 Å². The fourth-order valence-electron chi connectivity index (χ4n) is 2.58. The van der Waals surface area contributed by atoms with Gasteiger partial charge in [0, 0.05) is 16.6 Å². The fraction of sp³-hybridized carbons (Fsp3) is 0.312. The van der Waals surface area contributed by atoms with Gasteiger partial charge in [-0.15, -0.1) is 0 Å². The van der Waals surface area contributed by atoms with Crippen molar-refractivity contribution >= 4 is 21.9 Å². The SMILES string of the molecule is CCCn1c(C(=O)O)ccc1-c1c(C)cc(C)cc1Br. The number of benzene rings is 1. The molecule has 0 saturated heterocycles. The second kappa shape index (κ2) is 5.83. The molecule has 1 N–H and O–H groups in total. The maximum absolute atomic E-state index is 11.3. The zero-order chi connectivity index (χ0) is 14.9. The predicted octanol–water partition coefficient (Wildman–Crippen LogP) is 4.64. The minimum Gasteiger partial charge on any atom is -0.477 e. The van der Waals surface area contributed by atoms with Crippen LogP contribution in [0.2, 0.25) is 0 Å². The maximum atomic E-state index is 11.3. The van der Waals surface area contributed by atoms with Gasteiger partial charge in [-0.1, -0.05) is 28.9 Å². The van der Waals surface area contributed by atoms with Gasteiger partial charge in [-0.3, -0.25) is 0 Å². The lowest BCUT2D eigenvalue weighted by Gasteiger charge is -2.15. The Balaban J connectivity index is 2.67. The molecule has 0 atom stereocenters. The van der Waals surface area contributed by atoms with E-state index >= 15 is 0 Å². The topological polar surface area (TPSA) is 42.2 Å². The first-order valence-electron chi connectivity index (χ1n) is 6.65. The summed E-state index contributed by atoms with van der Waals surface area (Å²) in [4.78, 5) is 11.3. The molecule has 2 aromatic rings. The van der Waals surface area contributed by atoms with Crippen LogP contribution in [0.15, 0.2) is 28.7 Å². The molecule has 0 aliphatic heterocycles. The van der Waals surface area contributed by atoms with Crippen molar-refractivity contribution < 1.29 is 9.90 Å². The summed E-state index contributed by atoms with van der Waals surface area (Å²) >= 11 is 3.61. The summed E-state index contributed by atoms with van der Waals surface area (Å²) in [5.41, 5.74) is 4.69. The smallest absolute Gasteiger partial charge is 0.352 e. The van der Waals surface area contributed by atoms with Crippen LogP contribution >= 0.6 is 15.9 Å². The standard InChI is InChI=1S/C16H18BrNO2/c1-4-7-18-13(5-6-14(18)16(19)20)15-11(3)8-10(2)9-12(15)17/h5-6,8-9H,4,7H2,1-3H3,(H,19,20). The highest BCUT2D eigenvalue weighted by Gasteiger charge is 2.17. The molecule has 0 amide bonds. The highest BCUT2D eigenvalue weighted by molar-refractivity contribution is 9.10. The van der Waals surface area contributed by atoms with Crippen LogP contribution in [0.3, 0.4) is 0 Å². The molecule has 0 radical (unpaired) electrons. The number of carboxylic acid groups (broad SMARTS) is 1. The number of carboxylic acids is 1. The first kappa shape index (κ1) is 14.9. The van der Waals surface area contributed by atoms with Gasteiger partial charge in [-0.25, -0.2) is 4.79 Å². The van der Waals surface area contributed by atoms with E-state index in [1.165, 1.54) is 5.56 Å². The molecule has 0 unspecified atom stereocenters. The van der Waals surface area contributed by atoms with Crippen LogP contribution < -0.4 is 0 Å². The van der Waals surface area contributed by atoms with Crippen molar-refractivity contribution in [3.8, 4) is 11.3 Å². The lowest BCUT2D eigenvalue weighted by atomic mass is 10.0. The van der Waals surface area contributed by atoms with Crippen molar-refractivity contribution in [3.05, 3.63) is 45.6 Å². The van der Waals surface area contributed by atoms with Crippen LogP contribution in [0.5, 0.6) is 0 Å². The summed E-state index contributed by atoms with van der Waals surface area (Å²) in [6.45, 7) is 6.85. The number of carbonyl (C=O) groups is 1. The summed E-state index contributed by atoms with van der Waals surface area (Å²) in [5.74, 6) is -0.884. The first-order valence-corrected chi connectivity index (χ1v) is 7.45. The number of rotatable bonds is 4. The molecular weight excluding hydrogens is 318 g/mol. The van der Waals surface area contributed by atoms with Gasteiger partial charge >= 0.3 is 5.97 Å². The molecule has 1 aromatic carbocycles. The van der Waals surface area contributed by atoms with Crippen molar-refractivity contribution in [1.29, 1.82) is 0 Å².